The van der Waals surface area contributed by atoms with Crippen molar-refractivity contribution >= 4 is 39.1 Å². The third-order valence-corrected chi connectivity index (χ3v) is 8.76. The number of hydrogen-bond acceptors (Lipinski definition) is 5. The molecule has 4 rings (SSSR count). The molecule has 1 aliphatic rings. The highest BCUT2D eigenvalue weighted by molar-refractivity contribution is 7.92. The molecule has 1 unspecified atom stereocenters. The number of hydrogen-bond donors (Lipinski definition) is 1. The Morgan fingerprint density at radius 1 is 1.02 bits per heavy atom. The lowest BCUT2D eigenvalue weighted by molar-refractivity contribution is -0.140. The molecule has 0 bridgehead atoms. The SMILES string of the molecule is COc1cccc(CN(C(=O)CN(c2ccc(F)c(Cl)c2)S(C)(=O)=O)C(Cc2ccccc2)C(=O)NC2CCCC2)c1. The van der Waals surface area contributed by atoms with Crippen molar-refractivity contribution in [3.63, 3.8) is 0 Å². The zero-order valence-corrected chi connectivity index (χ0v) is 25.2. The second-order valence-electron chi connectivity index (χ2n) is 10.4. The molecule has 1 atom stereocenters. The summed E-state index contributed by atoms with van der Waals surface area (Å²) in [7, 11) is -2.46. The van der Waals surface area contributed by atoms with Crippen molar-refractivity contribution in [3.8, 4) is 5.75 Å². The highest BCUT2D eigenvalue weighted by atomic mass is 35.5. The van der Waals surface area contributed by atoms with Crippen LogP contribution in [-0.4, -0.2) is 57.1 Å². The number of rotatable bonds is 12. The molecule has 0 spiro atoms. The predicted molar refractivity (Wildman–Crippen MR) is 161 cm³/mol. The van der Waals surface area contributed by atoms with E-state index in [1.165, 1.54) is 18.1 Å². The zero-order valence-electron chi connectivity index (χ0n) is 23.6. The smallest absolute Gasteiger partial charge is 0.244 e. The normalized spacial score (nSPS) is 14.3. The van der Waals surface area contributed by atoms with Crippen molar-refractivity contribution in [1.82, 2.24) is 10.2 Å². The summed E-state index contributed by atoms with van der Waals surface area (Å²) in [5, 5.41) is 2.85. The van der Waals surface area contributed by atoms with Crippen LogP contribution in [0.25, 0.3) is 0 Å². The van der Waals surface area contributed by atoms with Crippen molar-refractivity contribution in [2.75, 3.05) is 24.2 Å². The van der Waals surface area contributed by atoms with Crippen LogP contribution in [-0.2, 0) is 32.6 Å². The molecule has 224 valence electrons. The molecule has 0 heterocycles. The summed E-state index contributed by atoms with van der Waals surface area (Å²) in [4.78, 5) is 29.4. The number of sulfonamides is 1. The molecular formula is C31H35ClFN3O5S. The standard InChI is InChI=1S/C31H35ClFN3O5S/c1-41-26-14-8-11-23(17-26)20-35(30(37)21-36(42(2,39)40)25-15-16-28(33)27(32)19-25)29(18-22-9-4-3-5-10-22)31(38)34-24-12-6-7-13-24/h3-5,8-11,14-17,19,24,29H,6-7,12-13,18,20-21H2,1-2H3,(H,34,38). The quantitative estimate of drug-likeness (QED) is 0.311. The van der Waals surface area contributed by atoms with Gasteiger partial charge in [-0.3, -0.25) is 13.9 Å². The van der Waals surface area contributed by atoms with Gasteiger partial charge in [-0.2, -0.15) is 0 Å². The maximum absolute atomic E-state index is 14.2. The Labute approximate surface area is 251 Å². The second kappa shape index (κ2) is 14.0. The van der Waals surface area contributed by atoms with E-state index in [2.05, 4.69) is 5.32 Å². The Bertz CT molecular complexity index is 1500. The Morgan fingerprint density at radius 3 is 2.36 bits per heavy atom. The first-order chi connectivity index (χ1) is 20.0. The minimum absolute atomic E-state index is 0.0124. The van der Waals surface area contributed by atoms with Gasteiger partial charge in [0.05, 0.1) is 24.1 Å². The van der Waals surface area contributed by atoms with E-state index < -0.39 is 34.3 Å². The molecule has 0 radical (unpaired) electrons. The molecule has 1 saturated carbocycles. The summed E-state index contributed by atoms with van der Waals surface area (Å²) >= 11 is 5.95. The van der Waals surface area contributed by atoms with E-state index in [0.29, 0.717) is 11.3 Å². The number of halogens is 2. The Kier molecular flexibility index (Phi) is 10.5. The van der Waals surface area contributed by atoms with Crippen molar-refractivity contribution < 1.29 is 27.1 Å². The molecule has 3 aromatic rings. The number of ether oxygens (including phenoxy) is 1. The predicted octanol–water partition coefficient (Wildman–Crippen LogP) is 4.95. The number of nitrogens with one attached hydrogen (secondary N) is 1. The second-order valence-corrected chi connectivity index (χ2v) is 12.8. The number of nitrogens with zero attached hydrogens (tertiary/aromatic N) is 2. The van der Waals surface area contributed by atoms with E-state index in [9.17, 15) is 22.4 Å². The summed E-state index contributed by atoms with van der Waals surface area (Å²) in [6.07, 6.45) is 4.94. The summed E-state index contributed by atoms with van der Waals surface area (Å²) in [6, 6.07) is 19.0. The van der Waals surface area contributed by atoms with Crippen LogP contribution in [0.1, 0.15) is 36.8 Å². The van der Waals surface area contributed by atoms with Crippen LogP contribution in [0, 0.1) is 5.82 Å². The third-order valence-electron chi connectivity index (χ3n) is 7.33. The molecule has 1 N–H and O–H groups in total. The highest BCUT2D eigenvalue weighted by Gasteiger charge is 2.34. The number of carbonyl (C=O) groups excluding carboxylic acids is 2. The van der Waals surface area contributed by atoms with E-state index in [4.69, 9.17) is 16.3 Å². The van der Waals surface area contributed by atoms with Crippen LogP contribution in [0.15, 0.2) is 72.8 Å². The lowest BCUT2D eigenvalue weighted by atomic mass is 10.0. The number of anilines is 1. The molecule has 1 aliphatic carbocycles. The molecule has 11 heteroatoms. The van der Waals surface area contributed by atoms with Crippen LogP contribution in [0.5, 0.6) is 5.75 Å². The van der Waals surface area contributed by atoms with Crippen LogP contribution in [0.4, 0.5) is 10.1 Å². The number of carbonyl (C=O) groups is 2. The van der Waals surface area contributed by atoms with E-state index >= 15 is 0 Å². The summed E-state index contributed by atoms with van der Waals surface area (Å²) in [5.41, 5.74) is 1.58. The van der Waals surface area contributed by atoms with E-state index in [0.717, 1.165) is 53.9 Å². The van der Waals surface area contributed by atoms with Crippen molar-refractivity contribution in [1.29, 1.82) is 0 Å². The summed E-state index contributed by atoms with van der Waals surface area (Å²) < 4.78 is 45.9. The van der Waals surface area contributed by atoms with Gasteiger partial charge in [-0.25, -0.2) is 12.8 Å². The van der Waals surface area contributed by atoms with Gasteiger partial charge >= 0.3 is 0 Å². The van der Waals surface area contributed by atoms with E-state index in [1.54, 1.807) is 18.2 Å². The molecule has 8 nitrogen and oxygen atoms in total. The Hall–Kier alpha value is -3.63. The lowest BCUT2D eigenvalue weighted by Gasteiger charge is -2.34. The largest absolute Gasteiger partial charge is 0.497 e. The third kappa shape index (κ3) is 8.23. The van der Waals surface area contributed by atoms with Gasteiger partial charge in [0.25, 0.3) is 0 Å². The van der Waals surface area contributed by atoms with E-state index in [-0.39, 0.29) is 35.6 Å². The fourth-order valence-corrected chi connectivity index (χ4v) is 6.16. The molecule has 0 saturated heterocycles. The minimum Gasteiger partial charge on any atom is -0.497 e. The maximum Gasteiger partial charge on any atom is 0.244 e. The van der Waals surface area contributed by atoms with Gasteiger partial charge in [-0.05, 0) is 54.3 Å². The summed E-state index contributed by atoms with van der Waals surface area (Å²) in [5.74, 6) is -1.05. The average molecular weight is 616 g/mol. The molecule has 3 aromatic carbocycles. The first-order valence-electron chi connectivity index (χ1n) is 13.7. The Balaban J connectivity index is 1.74. The van der Waals surface area contributed by atoms with Crippen molar-refractivity contribution in [2.45, 2.75) is 50.7 Å². The molecule has 0 aromatic heterocycles. The van der Waals surface area contributed by atoms with Crippen LogP contribution in [0.2, 0.25) is 5.02 Å². The van der Waals surface area contributed by atoms with Gasteiger partial charge in [-0.15, -0.1) is 0 Å². The van der Waals surface area contributed by atoms with Gasteiger partial charge in [-0.1, -0.05) is 66.9 Å². The van der Waals surface area contributed by atoms with Crippen LogP contribution in [0.3, 0.4) is 0 Å². The van der Waals surface area contributed by atoms with Gasteiger partial charge in [0.1, 0.15) is 24.2 Å². The van der Waals surface area contributed by atoms with Crippen molar-refractivity contribution in [3.05, 3.63) is 94.8 Å². The maximum atomic E-state index is 14.2. The van der Waals surface area contributed by atoms with Gasteiger partial charge in [0.2, 0.25) is 21.8 Å². The number of benzene rings is 3. The summed E-state index contributed by atoms with van der Waals surface area (Å²) in [6.45, 7) is -0.597. The van der Waals surface area contributed by atoms with Gasteiger partial charge in [0.15, 0.2) is 0 Å². The first-order valence-corrected chi connectivity index (χ1v) is 16.0. The van der Waals surface area contributed by atoms with Crippen LogP contribution < -0.4 is 14.4 Å². The fourth-order valence-electron chi connectivity index (χ4n) is 5.14. The monoisotopic (exact) mass is 615 g/mol. The molecule has 2 amide bonds. The lowest BCUT2D eigenvalue weighted by Crippen LogP contribution is -2.54. The van der Waals surface area contributed by atoms with Crippen LogP contribution >= 0.6 is 11.6 Å². The molecule has 1 fully saturated rings. The fraction of sp³-hybridized carbons (Fsp3) is 0.355. The zero-order chi connectivity index (χ0) is 30.3. The average Bonchev–Trinajstić information content (AvgIpc) is 3.48. The highest BCUT2D eigenvalue weighted by Crippen LogP contribution is 2.26. The molecule has 42 heavy (non-hydrogen) atoms. The van der Waals surface area contributed by atoms with Gasteiger partial charge < -0.3 is 15.0 Å². The number of amides is 2. The van der Waals surface area contributed by atoms with E-state index in [1.807, 2.05) is 36.4 Å². The first kappa shape index (κ1) is 31.3. The minimum atomic E-state index is -4.00. The van der Waals surface area contributed by atoms with Gasteiger partial charge in [0, 0.05) is 19.0 Å². The number of methoxy groups -OCH3 is 1. The Morgan fingerprint density at radius 2 is 1.71 bits per heavy atom. The topological polar surface area (TPSA) is 96.0 Å². The molecule has 0 aliphatic heterocycles. The van der Waals surface area contributed by atoms with Crippen molar-refractivity contribution in [2.24, 2.45) is 0 Å². The molecular weight excluding hydrogens is 581 g/mol.